The molecule has 19 heavy (non-hydrogen) atoms. The fourth-order valence-electron chi connectivity index (χ4n) is 1.83. The van der Waals surface area contributed by atoms with Crippen molar-refractivity contribution in [3.05, 3.63) is 6.92 Å². The Labute approximate surface area is 120 Å². The first-order valence-corrected chi connectivity index (χ1v) is 7.08. The minimum Gasteiger partial charge on any atom is -0.322 e. The second-order valence-electron chi connectivity index (χ2n) is 7.93. The molecular formula is C16H33O3. The smallest absolute Gasteiger partial charge is 0.284 e. The van der Waals surface area contributed by atoms with Crippen LogP contribution in [0.5, 0.6) is 0 Å². The van der Waals surface area contributed by atoms with Gasteiger partial charge in [0.25, 0.3) is 5.97 Å². The average molecular weight is 273 g/mol. The first kappa shape index (κ1) is 18.9. The fourth-order valence-corrected chi connectivity index (χ4v) is 1.83. The topological polar surface area (TPSA) is 27.7 Å². The Morgan fingerprint density at radius 1 is 0.632 bits per heavy atom. The molecule has 0 spiro atoms. The minimum atomic E-state index is -1.06. The van der Waals surface area contributed by atoms with Gasteiger partial charge in [0.1, 0.15) is 0 Å². The third-order valence-electron chi connectivity index (χ3n) is 1.87. The normalized spacial score (nSPS) is 14.8. The third-order valence-corrected chi connectivity index (χ3v) is 1.87. The van der Waals surface area contributed by atoms with Gasteiger partial charge in [0.05, 0.1) is 16.8 Å². The van der Waals surface area contributed by atoms with Crippen molar-refractivity contribution in [2.75, 3.05) is 0 Å². The summed E-state index contributed by atoms with van der Waals surface area (Å²) in [5.74, 6) is -1.06. The molecule has 0 atom stereocenters. The molecule has 0 unspecified atom stereocenters. The Bertz CT molecular complexity index is 222. The zero-order valence-corrected chi connectivity index (χ0v) is 14.3. The van der Waals surface area contributed by atoms with Gasteiger partial charge in [-0.15, -0.1) is 0 Å². The Kier molecular flexibility index (Phi) is 6.07. The fraction of sp³-hybridized carbons (Fsp3) is 0.938. The molecule has 115 valence electrons. The average Bonchev–Trinajstić information content (AvgIpc) is 1.90. The summed E-state index contributed by atoms with van der Waals surface area (Å²) in [6.07, 6.45) is 1.28. The van der Waals surface area contributed by atoms with E-state index in [4.69, 9.17) is 14.2 Å². The quantitative estimate of drug-likeness (QED) is 0.680. The molecule has 1 radical (unpaired) electrons. The summed E-state index contributed by atoms with van der Waals surface area (Å²) in [5.41, 5.74) is -1.07. The third kappa shape index (κ3) is 9.42. The van der Waals surface area contributed by atoms with E-state index in [1.807, 2.05) is 62.3 Å². The van der Waals surface area contributed by atoms with E-state index in [1.165, 1.54) is 0 Å². The van der Waals surface area contributed by atoms with Crippen LogP contribution < -0.4 is 0 Å². The van der Waals surface area contributed by atoms with Crippen molar-refractivity contribution in [2.45, 2.75) is 97.9 Å². The lowest BCUT2D eigenvalue weighted by Gasteiger charge is -2.45. The second kappa shape index (κ2) is 6.11. The van der Waals surface area contributed by atoms with Gasteiger partial charge in [-0.2, -0.15) is 0 Å². The first-order valence-electron chi connectivity index (χ1n) is 7.08. The molecule has 0 aromatic rings. The van der Waals surface area contributed by atoms with Crippen LogP contribution in [0.4, 0.5) is 0 Å². The molecule has 0 aliphatic heterocycles. The molecule has 0 aliphatic rings. The van der Waals surface area contributed by atoms with Crippen molar-refractivity contribution in [1.82, 2.24) is 0 Å². The maximum absolute atomic E-state index is 6.13. The van der Waals surface area contributed by atoms with Gasteiger partial charge in [-0.1, -0.05) is 6.92 Å². The summed E-state index contributed by atoms with van der Waals surface area (Å²) in [4.78, 5) is 0. The highest BCUT2D eigenvalue weighted by Gasteiger charge is 2.43. The van der Waals surface area contributed by atoms with Gasteiger partial charge in [0.2, 0.25) is 0 Å². The number of ether oxygens (including phenoxy) is 3. The van der Waals surface area contributed by atoms with E-state index < -0.39 is 5.97 Å². The summed E-state index contributed by atoms with van der Waals surface area (Å²) in [6, 6.07) is 0. The van der Waals surface area contributed by atoms with Crippen molar-refractivity contribution in [2.24, 2.45) is 0 Å². The summed E-state index contributed by atoms with van der Waals surface area (Å²) >= 11 is 0. The Morgan fingerprint density at radius 2 is 0.895 bits per heavy atom. The van der Waals surface area contributed by atoms with E-state index in [1.54, 1.807) is 0 Å². The summed E-state index contributed by atoms with van der Waals surface area (Å²) < 4.78 is 18.4. The van der Waals surface area contributed by atoms with Crippen LogP contribution in [0.25, 0.3) is 0 Å². The van der Waals surface area contributed by atoms with Crippen LogP contribution in [0.1, 0.15) is 75.2 Å². The van der Waals surface area contributed by atoms with Crippen LogP contribution in [-0.2, 0) is 14.2 Å². The van der Waals surface area contributed by atoms with Crippen molar-refractivity contribution in [3.63, 3.8) is 0 Å². The lowest BCUT2D eigenvalue weighted by molar-refractivity contribution is -0.448. The zero-order valence-electron chi connectivity index (χ0n) is 14.3. The van der Waals surface area contributed by atoms with Gasteiger partial charge in [-0.05, 0) is 68.7 Å². The van der Waals surface area contributed by atoms with E-state index in [0.717, 1.165) is 0 Å². The molecule has 0 heterocycles. The molecule has 0 aromatic heterocycles. The van der Waals surface area contributed by atoms with Gasteiger partial charge < -0.3 is 14.2 Å². The largest absolute Gasteiger partial charge is 0.322 e. The maximum Gasteiger partial charge on any atom is 0.284 e. The van der Waals surface area contributed by atoms with Gasteiger partial charge in [-0.3, -0.25) is 0 Å². The lowest BCUT2D eigenvalue weighted by Crippen LogP contribution is -2.52. The zero-order chi connectivity index (χ0) is 15.5. The van der Waals surface area contributed by atoms with E-state index >= 15 is 0 Å². The number of rotatable bonds is 5. The van der Waals surface area contributed by atoms with Crippen molar-refractivity contribution >= 4 is 0 Å². The number of hydrogen-bond donors (Lipinski definition) is 0. The highest BCUT2D eigenvalue weighted by molar-refractivity contribution is 4.75. The van der Waals surface area contributed by atoms with Crippen LogP contribution in [0.15, 0.2) is 0 Å². The van der Waals surface area contributed by atoms with Gasteiger partial charge >= 0.3 is 0 Å². The molecule has 0 amide bonds. The number of hydrogen-bond acceptors (Lipinski definition) is 3. The highest BCUT2D eigenvalue weighted by Crippen LogP contribution is 2.35. The van der Waals surface area contributed by atoms with Crippen LogP contribution >= 0.6 is 0 Å². The molecule has 0 aromatic carbocycles. The van der Waals surface area contributed by atoms with E-state index in [-0.39, 0.29) is 16.8 Å². The van der Waals surface area contributed by atoms with E-state index in [2.05, 4.69) is 6.92 Å². The van der Waals surface area contributed by atoms with Crippen molar-refractivity contribution in [1.29, 1.82) is 0 Å². The molecule has 0 rings (SSSR count). The van der Waals surface area contributed by atoms with Crippen LogP contribution in [0.3, 0.4) is 0 Å². The summed E-state index contributed by atoms with van der Waals surface area (Å²) in [5, 5.41) is 0. The van der Waals surface area contributed by atoms with Crippen molar-refractivity contribution < 1.29 is 14.2 Å². The molecule has 0 saturated carbocycles. The van der Waals surface area contributed by atoms with Crippen LogP contribution in [0.2, 0.25) is 0 Å². The molecule has 0 fully saturated rings. The van der Waals surface area contributed by atoms with Gasteiger partial charge in [-0.25, -0.2) is 0 Å². The Hall–Kier alpha value is -0.120. The molecular weight excluding hydrogens is 240 g/mol. The minimum absolute atomic E-state index is 0.355. The summed E-state index contributed by atoms with van der Waals surface area (Å²) in [6.45, 7) is 21.9. The van der Waals surface area contributed by atoms with E-state index in [0.29, 0.717) is 12.8 Å². The standard InChI is InChI=1S/C16H33O3/c1-11-12-16(17-13(2,3)4,18-14(5,6)7)19-15(8,9)10/h1,11-12H2,2-10H3. The van der Waals surface area contributed by atoms with Crippen molar-refractivity contribution in [3.8, 4) is 0 Å². The first-order chi connectivity index (χ1) is 8.18. The molecule has 0 N–H and O–H groups in total. The molecule has 0 saturated heterocycles. The maximum atomic E-state index is 6.13. The SMILES string of the molecule is [CH2]CCC(OC(C)(C)C)(OC(C)(C)C)OC(C)(C)C. The highest BCUT2D eigenvalue weighted by atomic mass is 16.9. The molecule has 3 nitrogen and oxygen atoms in total. The van der Waals surface area contributed by atoms with Crippen LogP contribution in [0, 0.1) is 6.92 Å². The van der Waals surface area contributed by atoms with Gasteiger partial charge in [0.15, 0.2) is 0 Å². The monoisotopic (exact) mass is 273 g/mol. The Morgan fingerprint density at radius 3 is 1.05 bits per heavy atom. The van der Waals surface area contributed by atoms with E-state index in [9.17, 15) is 0 Å². The molecule has 0 aliphatic carbocycles. The lowest BCUT2D eigenvalue weighted by atomic mass is 10.1. The predicted octanol–water partition coefficient (Wildman–Crippen LogP) is 4.70. The molecule has 3 heteroatoms. The van der Waals surface area contributed by atoms with Gasteiger partial charge in [0, 0.05) is 6.42 Å². The van der Waals surface area contributed by atoms with Crippen LogP contribution in [-0.4, -0.2) is 22.8 Å². The second-order valence-corrected chi connectivity index (χ2v) is 7.93. The Balaban J connectivity index is 5.34. The predicted molar refractivity (Wildman–Crippen MR) is 79.8 cm³/mol. The molecule has 0 bridgehead atoms. The summed E-state index contributed by atoms with van der Waals surface area (Å²) in [7, 11) is 0.